The van der Waals surface area contributed by atoms with Crippen LogP contribution in [0.1, 0.15) is 86.1 Å². The molecule has 1 atom stereocenters. The number of aryl methyl sites for hydroxylation is 2. The first-order valence-corrected chi connectivity index (χ1v) is 13.6. The number of nitrogens with one attached hydrogen (secondary N) is 1. The Morgan fingerprint density at radius 1 is 1.03 bits per heavy atom. The maximum atomic E-state index is 13.3. The molecule has 37 heavy (non-hydrogen) atoms. The number of aromatic amines is 1. The smallest absolute Gasteiger partial charge is 0.252 e. The van der Waals surface area contributed by atoms with Gasteiger partial charge in [0.25, 0.3) is 5.56 Å². The van der Waals surface area contributed by atoms with E-state index in [0.29, 0.717) is 19.1 Å². The highest BCUT2D eigenvalue weighted by Crippen LogP contribution is 2.34. The van der Waals surface area contributed by atoms with Gasteiger partial charge in [0.05, 0.1) is 12.1 Å². The van der Waals surface area contributed by atoms with Crippen molar-refractivity contribution in [2.75, 3.05) is 0 Å². The van der Waals surface area contributed by atoms with Crippen LogP contribution < -0.4 is 5.56 Å². The second kappa shape index (κ2) is 11.0. The number of pyridine rings is 1. The molecule has 1 N–H and O–H groups in total. The fraction of sp³-hybridized carbons (Fsp3) is 0.467. The Morgan fingerprint density at radius 3 is 2.51 bits per heavy atom. The zero-order valence-corrected chi connectivity index (χ0v) is 22.4. The zero-order chi connectivity index (χ0) is 25.9. The van der Waals surface area contributed by atoms with Crippen LogP contribution in [0.3, 0.4) is 0 Å². The molecular weight excluding hydrogens is 460 g/mol. The van der Waals surface area contributed by atoms with Crippen molar-refractivity contribution in [3.8, 4) is 0 Å². The van der Waals surface area contributed by atoms with Gasteiger partial charge >= 0.3 is 0 Å². The standard InChI is InChI=1S/C30H38N6O/c1-20(2)28(29-32-33-34-36(29)25-13-9-6-10-14-25)35(18-23-11-7-5-8-12-23)19-24-17-26-22(4)15-21(3)16-27(26)31-30(24)37/h5,7-8,11-12,15-17,20,25,28H,6,9-10,13-14,18-19H2,1-4H3,(H,31,37)/t28-/m1/s1. The molecule has 2 aromatic heterocycles. The van der Waals surface area contributed by atoms with Gasteiger partial charge in [-0.3, -0.25) is 9.69 Å². The fourth-order valence-corrected chi connectivity index (χ4v) is 5.99. The van der Waals surface area contributed by atoms with E-state index in [1.165, 1.54) is 30.4 Å². The van der Waals surface area contributed by atoms with Crippen molar-refractivity contribution in [1.29, 1.82) is 0 Å². The topological polar surface area (TPSA) is 79.7 Å². The molecule has 7 nitrogen and oxygen atoms in total. The van der Waals surface area contributed by atoms with Crippen LogP contribution in [0.5, 0.6) is 0 Å². The van der Waals surface area contributed by atoms with Gasteiger partial charge < -0.3 is 4.98 Å². The van der Waals surface area contributed by atoms with Crippen LogP contribution >= 0.6 is 0 Å². The van der Waals surface area contributed by atoms with Gasteiger partial charge in [-0.15, -0.1) is 5.10 Å². The van der Waals surface area contributed by atoms with E-state index in [2.05, 4.69) is 94.2 Å². The van der Waals surface area contributed by atoms with Crippen molar-refractivity contribution in [3.63, 3.8) is 0 Å². The fourth-order valence-electron chi connectivity index (χ4n) is 5.99. The minimum absolute atomic E-state index is 0.0358. The molecule has 0 radical (unpaired) electrons. The molecule has 2 aromatic carbocycles. The maximum Gasteiger partial charge on any atom is 0.252 e. The van der Waals surface area contributed by atoms with E-state index < -0.39 is 0 Å². The summed E-state index contributed by atoms with van der Waals surface area (Å²) in [7, 11) is 0. The lowest BCUT2D eigenvalue weighted by Gasteiger charge is -2.35. The highest BCUT2D eigenvalue weighted by Gasteiger charge is 2.32. The van der Waals surface area contributed by atoms with Gasteiger partial charge in [-0.25, -0.2) is 4.68 Å². The highest BCUT2D eigenvalue weighted by molar-refractivity contribution is 5.83. The molecule has 0 unspecified atom stereocenters. The molecule has 0 bridgehead atoms. The number of tetrazole rings is 1. The summed E-state index contributed by atoms with van der Waals surface area (Å²) in [6, 6.07) is 17.1. The summed E-state index contributed by atoms with van der Waals surface area (Å²) in [4.78, 5) is 18.8. The molecule has 0 spiro atoms. The Morgan fingerprint density at radius 2 is 1.78 bits per heavy atom. The van der Waals surface area contributed by atoms with E-state index in [1.54, 1.807) is 0 Å². The average molecular weight is 499 g/mol. The number of benzene rings is 2. The second-order valence-electron chi connectivity index (χ2n) is 11.0. The largest absolute Gasteiger partial charge is 0.322 e. The molecule has 5 rings (SSSR count). The molecule has 7 heteroatoms. The first kappa shape index (κ1) is 25.3. The third-order valence-electron chi connectivity index (χ3n) is 7.72. The number of rotatable bonds is 8. The lowest BCUT2D eigenvalue weighted by molar-refractivity contribution is 0.121. The van der Waals surface area contributed by atoms with Crippen molar-refractivity contribution in [2.24, 2.45) is 5.92 Å². The van der Waals surface area contributed by atoms with E-state index in [4.69, 9.17) is 0 Å². The Balaban J connectivity index is 1.57. The minimum atomic E-state index is -0.0371. The van der Waals surface area contributed by atoms with Gasteiger partial charge in [-0.05, 0) is 71.9 Å². The zero-order valence-electron chi connectivity index (χ0n) is 22.4. The van der Waals surface area contributed by atoms with Crippen LogP contribution in [0.25, 0.3) is 10.9 Å². The van der Waals surface area contributed by atoms with Gasteiger partial charge in [0.1, 0.15) is 0 Å². The van der Waals surface area contributed by atoms with Gasteiger partial charge in [0.2, 0.25) is 0 Å². The van der Waals surface area contributed by atoms with E-state index in [0.717, 1.165) is 40.7 Å². The molecule has 2 heterocycles. The third kappa shape index (κ3) is 5.52. The van der Waals surface area contributed by atoms with Gasteiger partial charge in [0, 0.05) is 29.6 Å². The summed E-state index contributed by atoms with van der Waals surface area (Å²) < 4.78 is 2.08. The summed E-state index contributed by atoms with van der Waals surface area (Å²) in [6.45, 7) is 9.82. The van der Waals surface area contributed by atoms with E-state index >= 15 is 0 Å². The van der Waals surface area contributed by atoms with Crippen molar-refractivity contribution in [1.82, 2.24) is 30.1 Å². The van der Waals surface area contributed by atoms with Crippen LogP contribution in [0.15, 0.2) is 53.3 Å². The molecule has 194 valence electrons. The molecule has 1 saturated carbocycles. The maximum absolute atomic E-state index is 13.3. The predicted molar refractivity (Wildman–Crippen MR) is 147 cm³/mol. The van der Waals surface area contributed by atoms with Gasteiger partial charge in [-0.2, -0.15) is 0 Å². The normalized spacial score (nSPS) is 15.6. The summed E-state index contributed by atoms with van der Waals surface area (Å²) in [5, 5.41) is 14.3. The highest BCUT2D eigenvalue weighted by atomic mass is 16.1. The molecule has 1 aliphatic carbocycles. The number of fused-ring (bicyclic) bond motifs is 1. The predicted octanol–water partition coefficient (Wildman–Crippen LogP) is 6.04. The molecule has 0 saturated heterocycles. The quantitative estimate of drug-likeness (QED) is 0.321. The first-order valence-electron chi connectivity index (χ1n) is 13.6. The Bertz CT molecular complexity index is 1400. The lowest BCUT2D eigenvalue weighted by Crippen LogP contribution is -2.36. The number of hydrogen-bond donors (Lipinski definition) is 1. The van der Waals surface area contributed by atoms with Crippen LogP contribution in [0, 0.1) is 19.8 Å². The van der Waals surface area contributed by atoms with E-state index in [-0.39, 0.29) is 17.5 Å². The SMILES string of the molecule is Cc1cc(C)c2cc(CN(Cc3ccccc3)[C@@H](c3nnnn3C3CCCCC3)C(C)C)c(=O)[nH]c2c1. The van der Waals surface area contributed by atoms with E-state index in [9.17, 15) is 4.79 Å². The van der Waals surface area contributed by atoms with Crippen LogP contribution in [-0.2, 0) is 13.1 Å². The lowest BCUT2D eigenvalue weighted by atomic mass is 9.94. The summed E-state index contributed by atoms with van der Waals surface area (Å²) in [5.41, 5.74) is 5.14. The number of hydrogen-bond acceptors (Lipinski definition) is 5. The molecular formula is C30H38N6O. The Kier molecular flexibility index (Phi) is 7.51. The molecule has 0 aliphatic heterocycles. The van der Waals surface area contributed by atoms with Crippen LogP contribution in [0.4, 0.5) is 0 Å². The summed E-state index contributed by atoms with van der Waals surface area (Å²) in [6.07, 6.45) is 5.95. The monoisotopic (exact) mass is 498 g/mol. The van der Waals surface area contributed by atoms with Crippen LogP contribution in [-0.4, -0.2) is 30.1 Å². The first-order chi connectivity index (χ1) is 17.9. The Hall–Kier alpha value is -3.32. The number of H-pyrrole nitrogens is 1. The van der Waals surface area contributed by atoms with E-state index in [1.807, 2.05) is 12.1 Å². The second-order valence-corrected chi connectivity index (χ2v) is 11.0. The molecule has 0 amide bonds. The van der Waals surface area contributed by atoms with Crippen LogP contribution in [0.2, 0.25) is 0 Å². The van der Waals surface area contributed by atoms with Gasteiger partial charge in [0.15, 0.2) is 5.82 Å². The third-order valence-corrected chi connectivity index (χ3v) is 7.72. The van der Waals surface area contributed by atoms with Crippen molar-refractivity contribution in [2.45, 2.75) is 85.0 Å². The Labute approximate surface area is 218 Å². The minimum Gasteiger partial charge on any atom is -0.322 e. The van der Waals surface area contributed by atoms with Crippen molar-refractivity contribution >= 4 is 10.9 Å². The summed E-state index contributed by atoms with van der Waals surface area (Å²) in [5.74, 6) is 1.16. The molecule has 1 aliphatic rings. The average Bonchev–Trinajstić information content (AvgIpc) is 3.35. The number of nitrogens with zero attached hydrogens (tertiary/aromatic N) is 5. The number of aromatic nitrogens is 5. The summed E-state index contributed by atoms with van der Waals surface area (Å²) >= 11 is 0. The van der Waals surface area contributed by atoms with Gasteiger partial charge in [-0.1, -0.05) is 69.5 Å². The molecule has 1 fully saturated rings. The van der Waals surface area contributed by atoms with Crippen molar-refractivity contribution < 1.29 is 0 Å². The van der Waals surface area contributed by atoms with Crippen molar-refractivity contribution in [3.05, 3.63) is 87.0 Å². The molecule has 4 aromatic rings.